The number of methoxy groups -OCH3 is 2. The second-order valence-electron chi connectivity index (χ2n) is 6.24. The van der Waals surface area contributed by atoms with Gasteiger partial charge in [0, 0.05) is 28.8 Å². The number of anilines is 1. The van der Waals surface area contributed by atoms with E-state index < -0.39 is 0 Å². The van der Waals surface area contributed by atoms with Gasteiger partial charge in [-0.2, -0.15) is 0 Å². The monoisotopic (exact) mass is 440 g/mol. The summed E-state index contributed by atoms with van der Waals surface area (Å²) in [6.45, 7) is 1.84. The molecule has 3 rings (SSSR count). The minimum absolute atomic E-state index is 0.141. The predicted octanol–water partition coefficient (Wildman–Crippen LogP) is 5.11. The van der Waals surface area contributed by atoms with E-state index in [9.17, 15) is 4.79 Å². The zero-order valence-corrected chi connectivity index (χ0v) is 17.8. The standard InChI is InChI=1S/C22H21BrN2O3/c1-14-18(9-10-19(24-14)15-6-5-7-16(23)12-15)22(26)25(2)17-8-11-20(27-3)21(13-17)28-4/h5-13H,1-4H3. The maximum atomic E-state index is 13.0. The Morgan fingerprint density at radius 2 is 1.75 bits per heavy atom. The lowest BCUT2D eigenvalue weighted by Gasteiger charge is -2.20. The van der Waals surface area contributed by atoms with Crippen molar-refractivity contribution in [2.45, 2.75) is 6.92 Å². The largest absolute Gasteiger partial charge is 0.493 e. The number of hydrogen-bond acceptors (Lipinski definition) is 4. The number of aryl methyl sites for hydroxylation is 1. The molecule has 1 amide bonds. The van der Waals surface area contributed by atoms with E-state index in [-0.39, 0.29) is 5.91 Å². The van der Waals surface area contributed by atoms with Gasteiger partial charge in [-0.15, -0.1) is 0 Å². The fraction of sp³-hybridized carbons (Fsp3) is 0.182. The number of aromatic nitrogens is 1. The third-order valence-corrected chi connectivity index (χ3v) is 4.99. The number of pyridine rings is 1. The molecule has 0 saturated heterocycles. The molecule has 3 aromatic rings. The molecule has 0 aliphatic rings. The van der Waals surface area contributed by atoms with Gasteiger partial charge in [0.2, 0.25) is 0 Å². The van der Waals surface area contributed by atoms with Crippen molar-refractivity contribution in [2.24, 2.45) is 0 Å². The molecule has 6 heteroatoms. The van der Waals surface area contributed by atoms with E-state index in [1.165, 1.54) is 0 Å². The molecule has 0 fully saturated rings. The van der Waals surface area contributed by atoms with Gasteiger partial charge in [0.25, 0.3) is 5.91 Å². The van der Waals surface area contributed by atoms with E-state index in [2.05, 4.69) is 20.9 Å². The quantitative estimate of drug-likeness (QED) is 0.552. The molecule has 0 N–H and O–H groups in total. The summed E-state index contributed by atoms with van der Waals surface area (Å²) >= 11 is 3.47. The number of amides is 1. The van der Waals surface area contributed by atoms with Gasteiger partial charge in [-0.3, -0.25) is 9.78 Å². The number of carbonyl (C=O) groups excluding carboxylic acids is 1. The van der Waals surface area contributed by atoms with Gasteiger partial charge in [0.15, 0.2) is 11.5 Å². The smallest absolute Gasteiger partial charge is 0.259 e. The van der Waals surface area contributed by atoms with Crippen LogP contribution in [0.4, 0.5) is 5.69 Å². The highest BCUT2D eigenvalue weighted by molar-refractivity contribution is 9.10. The molecule has 144 valence electrons. The number of carbonyl (C=O) groups is 1. The number of hydrogen-bond donors (Lipinski definition) is 0. The maximum Gasteiger partial charge on any atom is 0.259 e. The van der Waals surface area contributed by atoms with E-state index in [1.807, 2.05) is 49.4 Å². The molecule has 0 aliphatic heterocycles. The first-order valence-corrected chi connectivity index (χ1v) is 9.47. The molecule has 1 aromatic heterocycles. The summed E-state index contributed by atoms with van der Waals surface area (Å²) in [7, 11) is 4.87. The third kappa shape index (κ3) is 4.02. The average Bonchev–Trinajstić information content (AvgIpc) is 2.72. The van der Waals surface area contributed by atoms with Crippen molar-refractivity contribution in [1.82, 2.24) is 4.98 Å². The van der Waals surface area contributed by atoms with E-state index in [0.29, 0.717) is 28.4 Å². The van der Waals surface area contributed by atoms with Crippen molar-refractivity contribution in [3.8, 4) is 22.8 Å². The molecular weight excluding hydrogens is 420 g/mol. The first kappa shape index (κ1) is 19.9. The van der Waals surface area contributed by atoms with Crippen LogP contribution >= 0.6 is 15.9 Å². The number of nitrogens with zero attached hydrogens (tertiary/aromatic N) is 2. The fourth-order valence-electron chi connectivity index (χ4n) is 2.93. The van der Waals surface area contributed by atoms with Crippen LogP contribution in [0.1, 0.15) is 16.1 Å². The predicted molar refractivity (Wildman–Crippen MR) is 114 cm³/mol. The molecule has 0 radical (unpaired) electrons. The molecular formula is C22H21BrN2O3. The molecule has 5 nitrogen and oxygen atoms in total. The lowest BCUT2D eigenvalue weighted by atomic mass is 10.1. The van der Waals surface area contributed by atoms with Crippen molar-refractivity contribution in [1.29, 1.82) is 0 Å². The highest BCUT2D eigenvalue weighted by Gasteiger charge is 2.18. The van der Waals surface area contributed by atoms with Gasteiger partial charge in [-0.1, -0.05) is 28.1 Å². The second kappa shape index (κ2) is 8.44. The van der Waals surface area contributed by atoms with Crippen LogP contribution in [0.2, 0.25) is 0 Å². The van der Waals surface area contributed by atoms with Crippen molar-refractivity contribution in [3.05, 3.63) is 70.3 Å². The van der Waals surface area contributed by atoms with Crippen LogP contribution in [0.15, 0.2) is 59.1 Å². The zero-order chi connectivity index (χ0) is 20.3. The average molecular weight is 441 g/mol. The molecule has 28 heavy (non-hydrogen) atoms. The molecule has 2 aromatic carbocycles. The molecule has 1 heterocycles. The van der Waals surface area contributed by atoms with Crippen LogP contribution in [-0.2, 0) is 0 Å². The number of ether oxygens (including phenoxy) is 2. The summed E-state index contributed by atoms with van der Waals surface area (Å²) in [4.78, 5) is 19.2. The van der Waals surface area contributed by atoms with E-state index in [4.69, 9.17) is 9.47 Å². The molecule has 0 saturated carbocycles. The Morgan fingerprint density at radius 3 is 2.39 bits per heavy atom. The van der Waals surface area contributed by atoms with E-state index >= 15 is 0 Å². The highest BCUT2D eigenvalue weighted by Crippen LogP contribution is 2.32. The van der Waals surface area contributed by atoms with Crippen LogP contribution in [-0.4, -0.2) is 32.2 Å². The molecule has 0 bridgehead atoms. The van der Waals surface area contributed by atoms with E-state index in [0.717, 1.165) is 15.7 Å². The Morgan fingerprint density at radius 1 is 1.00 bits per heavy atom. The lowest BCUT2D eigenvalue weighted by molar-refractivity contribution is 0.0992. The molecule has 0 unspecified atom stereocenters. The Kier molecular flexibility index (Phi) is 5.99. The normalized spacial score (nSPS) is 10.5. The summed E-state index contributed by atoms with van der Waals surface area (Å²) in [6, 6.07) is 17.0. The van der Waals surface area contributed by atoms with Gasteiger partial charge in [0.05, 0.1) is 31.2 Å². The highest BCUT2D eigenvalue weighted by atomic mass is 79.9. The van der Waals surface area contributed by atoms with Crippen molar-refractivity contribution in [2.75, 3.05) is 26.2 Å². The van der Waals surface area contributed by atoms with Crippen LogP contribution < -0.4 is 14.4 Å². The SMILES string of the molecule is COc1ccc(N(C)C(=O)c2ccc(-c3cccc(Br)c3)nc2C)cc1OC. The van der Waals surface area contributed by atoms with Crippen molar-refractivity contribution >= 4 is 27.5 Å². The van der Waals surface area contributed by atoms with E-state index in [1.54, 1.807) is 38.3 Å². The van der Waals surface area contributed by atoms with Crippen molar-refractivity contribution in [3.63, 3.8) is 0 Å². The summed E-state index contributed by atoms with van der Waals surface area (Å²) in [5, 5.41) is 0. The zero-order valence-electron chi connectivity index (χ0n) is 16.2. The Hall–Kier alpha value is -2.86. The van der Waals surface area contributed by atoms with Crippen LogP contribution in [0.5, 0.6) is 11.5 Å². The van der Waals surface area contributed by atoms with Gasteiger partial charge >= 0.3 is 0 Å². The minimum atomic E-state index is -0.141. The Balaban J connectivity index is 1.90. The van der Waals surface area contributed by atoms with Crippen LogP contribution in [0.3, 0.4) is 0 Å². The van der Waals surface area contributed by atoms with Gasteiger partial charge in [0.1, 0.15) is 0 Å². The third-order valence-electron chi connectivity index (χ3n) is 4.50. The maximum absolute atomic E-state index is 13.0. The number of halogens is 1. The van der Waals surface area contributed by atoms with Crippen LogP contribution in [0.25, 0.3) is 11.3 Å². The molecule has 0 atom stereocenters. The summed E-state index contributed by atoms with van der Waals surface area (Å²) in [6.07, 6.45) is 0. The fourth-order valence-corrected chi connectivity index (χ4v) is 3.33. The second-order valence-corrected chi connectivity index (χ2v) is 7.16. The van der Waals surface area contributed by atoms with Gasteiger partial charge in [-0.25, -0.2) is 0 Å². The van der Waals surface area contributed by atoms with Gasteiger partial charge < -0.3 is 14.4 Å². The Bertz CT molecular complexity index is 1020. The summed E-state index contributed by atoms with van der Waals surface area (Å²) in [5.41, 5.74) is 3.75. The molecule has 0 spiro atoms. The lowest BCUT2D eigenvalue weighted by Crippen LogP contribution is -2.27. The Labute approximate surface area is 173 Å². The topological polar surface area (TPSA) is 51.7 Å². The minimum Gasteiger partial charge on any atom is -0.493 e. The first-order valence-electron chi connectivity index (χ1n) is 8.68. The number of benzene rings is 2. The summed E-state index contributed by atoms with van der Waals surface area (Å²) in [5.74, 6) is 1.04. The van der Waals surface area contributed by atoms with Crippen molar-refractivity contribution < 1.29 is 14.3 Å². The number of rotatable bonds is 5. The summed E-state index contributed by atoms with van der Waals surface area (Å²) < 4.78 is 11.6. The van der Waals surface area contributed by atoms with Crippen LogP contribution in [0, 0.1) is 6.92 Å². The first-order chi connectivity index (χ1) is 13.4. The molecule has 0 aliphatic carbocycles. The van der Waals surface area contributed by atoms with Gasteiger partial charge in [-0.05, 0) is 43.3 Å².